The van der Waals surface area contributed by atoms with Crippen LogP contribution in [0.25, 0.3) is 0 Å². The lowest BCUT2D eigenvalue weighted by Crippen LogP contribution is -2.12. The molecule has 3 nitrogen and oxygen atoms in total. The first-order valence-corrected chi connectivity index (χ1v) is 6.54. The Bertz CT molecular complexity index is 451. The maximum absolute atomic E-state index is 11.4. The minimum atomic E-state index is -0.0392. The third-order valence-corrected chi connectivity index (χ3v) is 3.50. The lowest BCUT2D eigenvalue weighted by atomic mass is 10.1. The van der Waals surface area contributed by atoms with Crippen molar-refractivity contribution in [2.24, 2.45) is 0 Å². The van der Waals surface area contributed by atoms with E-state index in [0.29, 0.717) is 22.1 Å². The molecule has 4 heteroatoms. The molecule has 0 spiro atoms. The van der Waals surface area contributed by atoms with Gasteiger partial charge in [-0.15, -0.1) is 0 Å². The maximum atomic E-state index is 11.4. The number of benzene rings is 1. The molecule has 0 atom stereocenters. The summed E-state index contributed by atoms with van der Waals surface area (Å²) in [6, 6.07) is 3.31. The number of ether oxygens (including phenoxy) is 2. The molecule has 18 heavy (non-hydrogen) atoms. The molecule has 1 aliphatic rings. The summed E-state index contributed by atoms with van der Waals surface area (Å²) in [6.07, 6.45) is 4.69. The highest BCUT2D eigenvalue weighted by molar-refractivity contribution is 6.32. The van der Waals surface area contributed by atoms with Crippen LogP contribution in [-0.4, -0.2) is 19.0 Å². The minimum absolute atomic E-state index is 0.0392. The Morgan fingerprint density at radius 1 is 1.33 bits per heavy atom. The number of methoxy groups -OCH3 is 1. The molecule has 0 saturated heterocycles. The number of hydrogen-bond acceptors (Lipinski definition) is 3. The van der Waals surface area contributed by atoms with Crippen LogP contribution in [-0.2, 0) is 0 Å². The van der Waals surface area contributed by atoms with Gasteiger partial charge in [0.1, 0.15) is 0 Å². The molecule has 98 valence electrons. The number of ketones is 1. The van der Waals surface area contributed by atoms with E-state index in [-0.39, 0.29) is 11.9 Å². The Hall–Kier alpha value is -1.22. The molecular weight excluding hydrogens is 252 g/mol. The number of Topliss-reactive ketones (excluding diaryl/α,β-unsaturated/α-hetero) is 1. The van der Waals surface area contributed by atoms with Crippen molar-refractivity contribution < 1.29 is 14.3 Å². The fourth-order valence-electron chi connectivity index (χ4n) is 2.21. The standard InChI is InChI=1S/C14H17ClO3/c1-9(16)10-7-12(15)14(13(8-10)17-2)18-11-5-3-4-6-11/h7-8,11H,3-6H2,1-2H3. The molecule has 0 amide bonds. The van der Waals surface area contributed by atoms with E-state index in [0.717, 1.165) is 12.8 Å². The van der Waals surface area contributed by atoms with Crippen LogP contribution < -0.4 is 9.47 Å². The van der Waals surface area contributed by atoms with E-state index in [2.05, 4.69) is 0 Å². The highest BCUT2D eigenvalue weighted by Gasteiger charge is 2.21. The number of hydrogen-bond donors (Lipinski definition) is 0. The van der Waals surface area contributed by atoms with E-state index < -0.39 is 0 Å². The zero-order valence-electron chi connectivity index (χ0n) is 10.7. The Labute approximate surface area is 112 Å². The van der Waals surface area contributed by atoms with Crippen molar-refractivity contribution in [3.8, 4) is 11.5 Å². The zero-order valence-corrected chi connectivity index (χ0v) is 11.4. The van der Waals surface area contributed by atoms with Gasteiger partial charge < -0.3 is 9.47 Å². The molecule has 1 aliphatic carbocycles. The summed E-state index contributed by atoms with van der Waals surface area (Å²) < 4.78 is 11.2. The van der Waals surface area contributed by atoms with Gasteiger partial charge in [-0.25, -0.2) is 0 Å². The van der Waals surface area contributed by atoms with Crippen LogP contribution in [0, 0.1) is 0 Å². The molecule has 1 fully saturated rings. The summed E-state index contributed by atoms with van der Waals surface area (Å²) in [5.41, 5.74) is 0.538. The van der Waals surface area contributed by atoms with Crippen molar-refractivity contribution in [1.29, 1.82) is 0 Å². The van der Waals surface area contributed by atoms with Crippen molar-refractivity contribution in [3.05, 3.63) is 22.7 Å². The molecule has 1 aromatic carbocycles. The first kappa shape index (κ1) is 13.2. The summed E-state index contributed by atoms with van der Waals surface area (Å²) in [4.78, 5) is 11.4. The first-order chi connectivity index (χ1) is 8.61. The van der Waals surface area contributed by atoms with Crippen molar-refractivity contribution in [3.63, 3.8) is 0 Å². The van der Waals surface area contributed by atoms with Gasteiger partial charge in [-0.05, 0) is 44.7 Å². The molecule has 2 rings (SSSR count). The smallest absolute Gasteiger partial charge is 0.180 e. The monoisotopic (exact) mass is 268 g/mol. The second kappa shape index (κ2) is 5.61. The SMILES string of the molecule is COc1cc(C(C)=O)cc(Cl)c1OC1CCCC1. The van der Waals surface area contributed by atoms with E-state index in [9.17, 15) is 4.79 Å². The zero-order chi connectivity index (χ0) is 13.1. The van der Waals surface area contributed by atoms with Gasteiger partial charge in [0.25, 0.3) is 0 Å². The van der Waals surface area contributed by atoms with Gasteiger partial charge in [0.2, 0.25) is 0 Å². The van der Waals surface area contributed by atoms with Crippen LogP contribution in [0.3, 0.4) is 0 Å². The fourth-order valence-corrected chi connectivity index (χ4v) is 2.47. The Balaban J connectivity index is 2.30. The topological polar surface area (TPSA) is 35.5 Å². The van der Waals surface area contributed by atoms with Gasteiger partial charge in [0, 0.05) is 5.56 Å². The highest BCUT2D eigenvalue weighted by Crippen LogP contribution is 2.39. The van der Waals surface area contributed by atoms with Gasteiger partial charge in [-0.2, -0.15) is 0 Å². The molecular formula is C14H17ClO3. The molecule has 0 aromatic heterocycles. The largest absolute Gasteiger partial charge is 0.493 e. The van der Waals surface area contributed by atoms with Crippen LogP contribution in [0.2, 0.25) is 5.02 Å². The van der Waals surface area contributed by atoms with Gasteiger partial charge in [0.15, 0.2) is 17.3 Å². The normalized spacial score (nSPS) is 15.7. The Morgan fingerprint density at radius 2 is 2.00 bits per heavy atom. The molecule has 1 aromatic rings. The predicted molar refractivity (Wildman–Crippen MR) is 70.9 cm³/mol. The predicted octanol–water partition coefficient (Wildman–Crippen LogP) is 3.87. The van der Waals surface area contributed by atoms with Gasteiger partial charge >= 0.3 is 0 Å². The second-order valence-corrected chi connectivity index (χ2v) is 4.98. The van der Waals surface area contributed by atoms with Crippen LogP contribution in [0.4, 0.5) is 0 Å². The van der Waals surface area contributed by atoms with E-state index in [1.165, 1.54) is 19.8 Å². The number of carbonyl (C=O) groups excluding carboxylic acids is 1. The molecule has 0 bridgehead atoms. The maximum Gasteiger partial charge on any atom is 0.180 e. The molecule has 0 radical (unpaired) electrons. The summed E-state index contributed by atoms with van der Waals surface area (Å²) in [5.74, 6) is 1.04. The number of halogens is 1. The van der Waals surface area contributed by atoms with Crippen molar-refractivity contribution >= 4 is 17.4 Å². The molecule has 0 unspecified atom stereocenters. The fraction of sp³-hybridized carbons (Fsp3) is 0.500. The summed E-state index contributed by atoms with van der Waals surface area (Å²) in [7, 11) is 1.55. The quantitative estimate of drug-likeness (QED) is 0.778. The van der Waals surface area contributed by atoms with Crippen molar-refractivity contribution in [2.75, 3.05) is 7.11 Å². The van der Waals surface area contributed by atoms with Crippen LogP contribution in [0.5, 0.6) is 11.5 Å². The van der Waals surface area contributed by atoms with E-state index in [4.69, 9.17) is 21.1 Å². The summed E-state index contributed by atoms with van der Waals surface area (Å²) >= 11 is 6.18. The summed E-state index contributed by atoms with van der Waals surface area (Å²) in [6.45, 7) is 1.50. The molecule has 0 N–H and O–H groups in total. The lowest BCUT2D eigenvalue weighted by Gasteiger charge is -2.17. The first-order valence-electron chi connectivity index (χ1n) is 6.17. The summed E-state index contributed by atoms with van der Waals surface area (Å²) in [5, 5.41) is 0.437. The van der Waals surface area contributed by atoms with Crippen LogP contribution >= 0.6 is 11.6 Å². The van der Waals surface area contributed by atoms with Crippen LogP contribution in [0.15, 0.2) is 12.1 Å². The highest BCUT2D eigenvalue weighted by atomic mass is 35.5. The molecule has 0 heterocycles. The number of rotatable bonds is 4. The van der Waals surface area contributed by atoms with E-state index in [1.807, 2.05) is 0 Å². The third kappa shape index (κ3) is 2.78. The average molecular weight is 269 g/mol. The van der Waals surface area contributed by atoms with Gasteiger partial charge in [-0.1, -0.05) is 11.6 Å². The van der Waals surface area contributed by atoms with Gasteiger partial charge in [0.05, 0.1) is 18.2 Å². The Morgan fingerprint density at radius 3 is 2.56 bits per heavy atom. The number of carbonyl (C=O) groups is 1. The van der Waals surface area contributed by atoms with Crippen molar-refractivity contribution in [2.45, 2.75) is 38.7 Å². The van der Waals surface area contributed by atoms with Crippen molar-refractivity contribution in [1.82, 2.24) is 0 Å². The molecule has 1 saturated carbocycles. The Kier molecular flexibility index (Phi) is 4.12. The van der Waals surface area contributed by atoms with Crippen LogP contribution in [0.1, 0.15) is 43.0 Å². The minimum Gasteiger partial charge on any atom is -0.493 e. The molecule has 0 aliphatic heterocycles. The van der Waals surface area contributed by atoms with Gasteiger partial charge in [-0.3, -0.25) is 4.79 Å². The average Bonchev–Trinajstić information content (AvgIpc) is 2.84. The van der Waals surface area contributed by atoms with E-state index in [1.54, 1.807) is 19.2 Å². The second-order valence-electron chi connectivity index (χ2n) is 4.57. The van der Waals surface area contributed by atoms with E-state index >= 15 is 0 Å². The third-order valence-electron chi connectivity index (χ3n) is 3.22. The lowest BCUT2D eigenvalue weighted by molar-refractivity contribution is 0.101.